The molecule has 3 aromatic rings. The van der Waals surface area contributed by atoms with E-state index < -0.39 is 28.0 Å². The van der Waals surface area contributed by atoms with E-state index in [0.717, 1.165) is 12.1 Å². The second-order valence-corrected chi connectivity index (χ2v) is 7.73. The zero-order valence-corrected chi connectivity index (χ0v) is 16.0. The number of anilines is 1. The quantitative estimate of drug-likeness (QED) is 0.581. The van der Waals surface area contributed by atoms with Crippen molar-refractivity contribution in [3.8, 4) is 5.75 Å². The lowest BCUT2D eigenvalue weighted by atomic mass is 10.2. The number of benzene rings is 2. The lowest BCUT2D eigenvalue weighted by molar-refractivity contribution is -0.274. The maximum Gasteiger partial charge on any atom is 0.573 e. The van der Waals surface area contributed by atoms with E-state index in [2.05, 4.69) is 14.8 Å². The maximum atomic E-state index is 12.4. The largest absolute Gasteiger partial charge is 0.573 e. The predicted molar refractivity (Wildman–Crippen MR) is 100 cm³/mol. The number of furan rings is 1. The van der Waals surface area contributed by atoms with Crippen LogP contribution in [0, 0.1) is 0 Å². The van der Waals surface area contributed by atoms with Gasteiger partial charge in [-0.3, -0.25) is 4.79 Å². The molecule has 158 valence electrons. The molecule has 0 bridgehead atoms. The first kappa shape index (κ1) is 21.4. The molecule has 0 spiro atoms. The molecule has 0 fully saturated rings. The number of amides is 1. The van der Waals surface area contributed by atoms with Gasteiger partial charge in [0, 0.05) is 11.3 Å². The fourth-order valence-corrected chi connectivity index (χ4v) is 3.45. The van der Waals surface area contributed by atoms with Crippen LogP contribution in [0.5, 0.6) is 5.75 Å². The van der Waals surface area contributed by atoms with Crippen molar-refractivity contribution in [3.63, 3.8) is 0 Å². The molecule has 0 aliphatic rings. The molecule has 11 heteroatoms. The fraction of sp³-hybridized carbons (Fsp3) is 0.105. The molecule has 0 saturated carbocycles. The molecule has 2 aromatic carbocycles. The minimum Gasteiger partial charge on any atom is -0.468 e. The summed E-state index contributed by atoms with van der Waals surface area (Å²) < 4.78 is 72.6. The Balaban J connectivity index is 1.68. The SMILES string of the molecule is O=C(Nc1ccc(OC(F)(F)F)cc1)c1cccc(S(=O)(=O)NCc2ccco2)c1. The first-order chi connectivity index (χ1) is 14.1. The van der Waals surface area contributed by atoms with Crippen LogP contribution < -0.4 is 14.8 Å². The van der Waals surface area contributed by atoms with Crippen molar-refractivity contribution in [1.82, 2.24) is 4.72 Å². The third kappa shape index (κ3) is 5.84. The summed E-state index contributed by atoms with van der Waals surface area (Å²) in [4.78, 5) is 12.3. The van der Waals surface area contributed by atoms with Gasteiger partial charge < -0.3 is 14.5 Å². The molecular weight excluding hydrogens is 425 g/mol. The van der Waals surface area contributed by atoms with Gasteiger partial charge >= 0.3 is 6.36 Å². The minimum atomic E-state index is -4.82. The van der Waals surface area contributed by atoms with Crippen molar-refractivity contribution in [2.45, 2.75) is 17.8 Å². The zero-order valence-electron chi connectivity index (χ0n) is 15.1. The smallest absolute Gasteiger partial charge is 0.468 e. The predicted octanol–water partition coefficient (Wildman–Crippen LogP) is 3.91. The second-order valence-electron chi connectivity index (χ2n) is 5.96. The molecule has 0 aliphatic carbocycles. The minimum absolute atomic E-state index is 0.0477. The summed E-state index contributed by atoms with van der Waals surface area (Å²) in [6.07, 6.45) is -3.40. The highest BCUT2D eigenvalue weighted by atomic mass is 32.2. The van der Waals surface area contributed by atoms with Gasteiger partial charge in [0.05, 0.1) is 17.7 Å². The van der Waals surface area contributed by atoms with Crippen LogP contribution in [0.1, 0.15) is 16.1 Å². The van der Waals surface area contributed by atoms with Gasteiger partial charge in [0.2, 0.25) is 10.0 Å². The molecule has 1 aromatic heterocycles. The van der Waals surface area contributed by atoms with E-state index in [1.807, 2.05) is 0 Å². The number of hydrogen-bond acceptors (Lipinski definition) is 5. The monoisotopic (exact) mass is 440 g/mol. The first-order valence-corrected chi connectivity index (χ1v) is 9.90. The van der Waals surface area contributed by atoms with Gasteiger partial charge in [-0.15, -0.1) is 13.2 Å². The summed E-state index contributed by atoms with van der Waals surface area (Å²) in [5, 5.41) is 2.48. The van der Waals surface area contributed by atoms with Crippen LogP contribution in [0.15, 0.2) is 76.2 Å². The molecular formula is C19H15F3N2O5S. The normalized spacial score (nSPS) is 11.8. The number of nitrogens with one attached hydrogen (secondary N) is 2. The van der Waals surface area contributed by atoms with E-state index in [1.165, 1.54) is 42.7 Å². The molecule has 3 rings (SSSR count). The van der Waals surface area contributed by atoms with Gasteiger partial charge in [-0.25, -0.2) is 13.1 Å². The third-order valence-corrected chi connectivity index (χ3v) is 5.17. The molecule has 1 heterocycles. The van der Waals surface area contributed by atoms with Gasteiger partial charge in [-0.05, 0) is 54.6 Å². The number of hydrogen-bond donors (Lipinski definition) is 2. The van der Waals surface area contributed by atoms with Gasteiger partial charge in [-0.1, -0.05) is 6.07 Å². The summed E-state index contributed by atoms with van der Waals surface area (Å²) in [7, 11) is -3.90. The van der Waals surface area contributed by atoms with E-state index >= 15 is 0 Å². The van der Waals surface area contributed by atoms with Crippen molar-refractivity contribution in [1.29, 1.82) is 0 Å². The number of rotatable bonds is 7. The van der Waals surface area contributed by atoms with Gasteiger partial charge in [0.1, 0.15) is 11.5 Å². The summed E-state index contributed by atoms with van der Waals surface area (Å²) in [6, 6.07) is 13.1. The van der Waals surface area contributed by atoms with Gasteiger partial charge in [-0.2, -0.15) is 0 Å². The number of halogens is 3. The molecule has 0 radical (unpaired) electrons. The third-order valence-electron chi connectivity index (χ3n) is 3.77. The van der Waals surface area contributed by atoms with E-state index in [4.69, 9.17) is 4.42 Å². The van der Waals surface area contributed by atoms with Crippen LogP contribution in [0.3, 0.4) is 0 Å². The van der Waals surface area contributed by atoms with E-state index in [0.29, 0.717) is 5.76 Å². The number of alkyl halides is 3. The highest BCUT2D eigenvalue weighted by Gasteiger charge is 2.31. The van der Waals surface area contributed by atoms with Crippen LogP contribution in [0.2, 0.25) is 0 Å². The van der Waals surface area contributed by atoms with Crippen molar-refractivity contribution in [2.75, 3.05) is 5.32 Å². The topological polar surface area (TPSA) is 97.6 Å². The Hall–Kier alpha value is -3.31. The average molecular weight is 440 g/mol. The molecule has 2 N–H and O–H groups in total. The Morgan fingerprint density at radius 3 is 2.40 bits per heavy atom. The van der Waals surface area contributed by atoms with E-state index in [1.54, 1.807) is 12.1 Å². The number of ether oxygens (including phenoxy) is 1. The number of carbonyl (C=O) groups excluding carboxylic acids is 1. The average Bonchev–Trinajstić information content (AvgIpc) is 3.21. The fourth-order valence-electron chi connectivity index (χ4n) is 2.41. The highest BCUT2D eigenvalue weighted by Crippen LogP contribution is 2.24. The Morgan fingerprint density at radius 2 is 1.77 bits per heavy atom. The van der Waals surface area contributed by atoms with E-state index in [-0.39, 0.29) is 22.7 Å². The lowest BCUT2D eigenvalue weighted by Crippen LogP contribution is -2.23. The summed E-state index contributed by atoms with van der Waals surface area (Å²) in [5.74, 6) is -0.649. The highest BCUT2D eigenvalue weighted by molar-refractivity contribution is 7.89. The van der Waals surface area contributed by atoms with Gasteiger partial charge in [0.25, 0.3) is 5.91 Å². The Morgan fingerprint density at radius 1 is 1.03 bits per heavy atom. The summed E-state index contributed by atoms with van der Waals surface area (Å²) >= 11 is 0. The van der Waals surface area contributed by atoms with Crippen LogP contribution >= 0.6 is 0 Å². The van der Waals surface area contributed by atoms with Crippen LogP contribution in [-0.2, 0) is 16.6 Å². The van der Waals surface area contributed by atoms with Crippen molar-refractivity contribution in [3.05, 3.63) is 78.3 Å². The lowest BCUT2D eigenvalue weighted by Gasteiger charge is -2.10. The van der Waals surface area contributed by atoms with Crippen LogP contribution in [0.25, 0.3) is 0 Å². The standard InChI is InChI=1S/C19H15F3N2O5S/c20-19(21,22)29-15-8-6-14(7-9-15)24-18(25)13-3-1-5-17(11-13)30(26,27)23-12-16-4-2-10-28-16/h1-11,23H,12H2,(H,24,25). The molecule has 1 amide bonds. The van der Waals surface area contributed by atoms with E-state index in [9.17, 15) is 26.4 Å². The first-order valence-electron chi connectivity index (χ1n) is 8.42. The van der Waals surface area contributed by atoms with Crippen molar-refractivity contribution >= 4 is 21.6 Å². The van der Waals surface area contributed by atoms with Crippen LogP contribution in [-0.4, -0.2) is 20.7 Å². The molecule has 0 aliphatic heterocycles. The van der Waals surface area contributed by atoms with Crippen LogP contribution in [0.4, 0.5) is 18.9 Å². The Labute approximate surface area is 169 Å². The molecule has 7 nitrogen and oxygen atoms in total. The van der Waals surface area contributed by atoms with Crippen molar-refractivity contribution < 1.29 is 35.5 Å². The molecule has 0 saturated heterocycles. The Kier molecular flexibility index (Phi) is 6.13. The molecule has 0 unspecified atom stereocenters. The maximum absolute atomic E-state index is 12.4. The second kappa shape index (κ2) is 8.59. The number of sulfonamides is 1. The number of carbonyl (C=O) groups is 1. The van der Waals surface area contributed by atoms with Gasteiger partial charge in [0.15, 0.2) is 0 Å². The summed E-state index contributed by atoms with van der Waals surface area (Å²) in [6.45, 7) is -0.0574. The molecule has 30 heavy (non-hydrogen) atoms. The zero-order chi connectivity index (χ0) is 21.8. The Bertz CT molecular complexity index is 1110. The molecule has 0 atom stereocenters. The summed E-state index contributed by atoms with van der Waals surface area (Å²) in [5.41, 5.74) is 0.255. The van der Waals surface area contributed by atoms with Crippen molar-refractivity contribution in [2.24, 2.45) is 0 Å².